The first kappa shape index (κ1) is 18.9. The molecular formula is C21H34O5. The molecule has 0 heterocycles. The number of carbonyl (C=O) groups is 1. The van der Waals surface area contributed by atoms with Crippen LogP contribution in [0.1, 0.15) is 71.6 Å². The van der Waals surface area contributed by atoms with Gasteiger partial charge in [0, 0.05) is 23.2 Å². The SMILES string of the molecule is CC(=O)[C@H]1CC[C@@]2(O)[C@@H]3CC[C@]4(O)C[C@H](O)CC[C@]4(CO)[C@H]3CC[C@]12C. The van der Waals surface area contributed by atoms with E-state index in [4.69, 9.17) is 0 Å². The molecule has 0 aromatic carbocycles. The molecule has 4 aliphatic carbocycles. The van der Waals surface area contributed by atoms with Gasteiger partial charge in [-0.3, -0.25) is 4.79 Å². The Morgan fingerprint density at radius 1 is 1.00 bits per heavy atom. The predicted molar refractivity (Wildman–Crippen MR) is 96.2 cm³/mol. The van der Waals surface area contributed by atoms with Gasteiger partial charge in [0.1, 0.15) is 5.78 Å². The molecule has 26 heavy (non-hydrogen) atoms. The molecule has 5 heteroatoms. The molecule has 0 aliphatic heterocycles. The number of aliphatic hydroxyl groups excluding tert-OH is 2. The van der Waals surface area contributed by atoms with Crippen LogP contribution in [-0.2, 0) is 4.79 Å². The van der Waals surface area contributed by atoms with Crippen LogP contribution in [0.5, 0.6) is 0 Å². The zero-order valence-electron chi connectivity index (χ0n) is 16.1. The first-order chi connectivity index (χ1) is 12.1. The summed E-state index contributed by atoms with van der Waals surface area (Å²) < 4.78 is 0. The van der Waals surface area contributed by atoms with Gasteiger partial charge in [-0.05, 0) is 70.1 Å². The van der Waals surface area contributed by atoms with Crippen molar-refractivity contribution in [3.63, 3.8) is 0 Å². The standard InChI is InChI=1S/C21H34O5/c1-13(23)15-6-10-21(26)17-5-9-20(25)11-14(24)3-8-19(20,12-22)16(17)4-7-18(15,21)2/h14-17,22,24-26H,3-12H2,1-2H3/t14-,15-,16+,17-,18-,19+,20+,21-/m1/s1. The Kier molecular flexibility index (Phi) is 4.17. The van der Waals surface area contributed by atoms with Gasteiger partial charge >= 0.3 is 0 Å². The molecule has 4 rings (SSSR count). The van der Waals surface area contributed by atoms with Crippen LogP contribution in [-0.4, -0.2) is 50.1 Å². The van der Waals surface area contributed by atoms with Crippen molar-refractivity contribution in [3.05, 3.63) is 0 Å². The molecular weight excluding hydrogens is 332 g/mol. The van der Waals surface area contributed by atoms with E-state index in [-0.39, 0.29) is 30.1 Å². The van der Waals surface area contributed by atoms with E-state index < -0.39 is 28.1 Å². The van der Waals surface area contributed by atoms with Crippen molar-refractivity contribution in [3.8, 4) is 0 Å². The topological polar surface area (TPSA) is 98.0 Å². The Labute approximate surface area is 155 Å². The summed E-state index contributed by atoms with van der Waals surface area (Å²) in [5.41, 5.74) is -2.99. The average molecular weight is 366 g/mol. The van der Waals surface area contributed by atoms with E-state index >= 15 is 0 Å². The highest BCUT2D eigenvalue weighted by Crippen LogP contribution is 2.69. The smallest absolute Gasteiger partial charge is 0.133 e. The number of fused-ring (bicyclic) bond motifs is 5. The second-order valence-corrected chi connectivity index (χ2v) is 10.1. The summed E-state index contributed by atoms with van der Waals surface area (Å²) in [6.07, 6.45) is 5.17. The van der Waals surface area contributed by atoms with Gasteiger partial charge in [0.25, 0.3) is 0 Å². The van der Waals surface area contributed by atoms with Crippen LogP contribution >= 0.6 is 0 Å². The minimum absolute atomic E-state index is 0.00766. The fourth-order valence-corrected chi connectivity index (χ4v) is 7.98. The maximum absolute atomic E-state index is 12.2. The normalized spacial score (nSPS) is 56.4. The van der Waals surface area contributed by atoms with Crippen molar-refractivity contribution >= 4 is 5.78 Å². The summed E-state index contributed by atoms with van der Waals surface area (Å²) in [5, 5.41) is 43.8. The number of hydrogen-bond acceptors (Lipinski definition) is 5. The Balaban J connectivity index is 1.74. The molecule has 5 nitrogen and oxygen atoms in total. The van der Waals surface area contributed by atoms with Crippen LogP contribution in [0, 0.1) is 28.6 Å². The Bertz CT molecular complexity index is 607. The molecule has 8 atom stereocenters. The maximum Gasteiger partial charge on any atom is 0.133 e. The van der Waals surface area contributed by atoms with Crippen molar-refractivity contribution in [2.75, 3.05) is 6.61 Å². The quantitative estimate of drug-likeness (QED) is 0.597. The lowest BCUT2D eigenvalue weighted by Crippen LogP contribution is -2.69. The predicted octanol–water partition coefficient (Wildman–Crippen LogP) is 1.80. The Morgan fingerprint density at radius 2 is 1.69 bits per heavy atom. The number of Topliss-reactive ketones (excluding diaryl/α,β-unsaturated/α-hetero) is 1. The van der Waals surface area contributed by atoms with Gasteiger partial charge < -0.3 is 20.4 Å². The maximum atomic E-state index is 12.2. The van der Waals surface area contributed by atoms with Gasteiger partial charge in [-0.25, -0.2) is 0 Å². The molecule has 0 amide bonds. The lowest BCUT2D eigenvalue weighted by molar-refractivity contribution is -0.269. The van der Waals surface area contributed by atoms with Gasteiger partial charge in [-0.2, -0.15) is 0 Å². The second kappa shape index (κ2) is 5.76. The molecule has 4 fully saturated rings. The highest BCUT2D eigenvalue weighted by atomic mass is 16.3. The monoisotopic (exact) mass is 366 g/mol. The van der Waals surface area contributed by atoms with Crippen molar-refractivity contribution in [2.24, 2.45) is 28.6 Å². The molecule has 0 spiro atoms. The van der Waals surface area contributed by atoms with E-state index in [0.29, 0.717) is 38.5 Å². The van der Waals surface area contributed by atoms with E-state index in [0.717, 1.165) is 19.3 Å². The molecule has 0 aromatic heterocycles. The minimum atomic E-state index is -1.05. The number of ketones is 1. The zero-order chi connectivity index (χ0) is 19.0. The van der Waals surface area contributed by atoms with E-state index in [1.165, 1.54) is 0 Å². The summed E-state index contributed by atoms with van der Waals surface area (Å²) in [6, 6.07) is 0. The first-order valence-electron chi connectivity index (χ1n) is 10.4. The molecule has 0 bridgehead atoms. The number of hydrogen-bond donors (Lipinski definition) is 4. The van der Waals surface area contributed by atoms with Crippen molar-refractivity contribution in [1.82, 2.24) is 0 Å². The molecule has 4 saturated carbocycles. The van der Waals surface area contributed by atoms with Gasteiger partial charge in [0.05, 0.1) is 23.9 Å². The molecule has 4 aliphatic rings. The fraction of sp³-hybridized carbons (Fsp3) is 0.952. The molecule has 148 valence electrons. The summed E-state index contributed by atoms with van der Waals surface area (Å²) >= 11 is 0. The second-order valence-electron chi connectivity index (χ2n) is 10.1. The Hall–Kier alpha value is -0.490. The molecule has 4 N–H and O–H groups in total. The molecule has 0 aromatic rings. The van der Waals surface area contributed by atoms with Gasteiger partial charge in [-0.1, -0.05) is 6.92 Å². The molecule has 0 radical (unpaired) electrons. The number of aliphatic hydroxyl groups is 4. The van der Waals surface area contributed by atoms with Crippen LogP contribution in [0.25, 0.3) is 0 Å². The zero-order valence-corrected chi connectivity index (χ0v) is 16.1. The summed E-state index contributed by atoms with van der Waals surface area (Å²) in [7, 11) is 0. The fourth-order valence-electron chi connectivity index (χ4n) is 7.98. The summed E-state index contributed by atoms with van der Waals surface area (Å²) in [4.78, 5) is 12.2. The minimum Gasteiger partial charge on any atom is -0.396 e. The first-order valence-corrected chi connectivity index (χ1v) is 10.4. The van der Waals surface area contributed by atoms with Crippen LogP contribution in [0.3, 0.4) is 0 Å². The summed E-state index contributed by atoms with van der Waals surface area (Å²) in [5.74, 6) is 0.134. The van der Waals surface area contributed by atoms with Crippen molar-refractivity contribution in [1.29, 1.82) is 0 Å². The Morgan fingerprint density at radius 3 is 2.35 bits per heavy atom. The van der Waals surface area contributed by atoms with Crippen molar-refractivity contribution < 1.29 is 25.2 Å². The van der Waals surface area contributed by atoms with Crippen LogP contribution < -0.4 is 0 Å². The van der Waals surface area contributed by atoms with Crippen LogP contribution in [0.2, 0.25) is 0 Å². The third-order valence-corrected chi connectivity index (χ3v) is 9.42. The highest BCUT2D eigenvalue weighted by molar-refractivity contribution is 5.80. The van der Waals surface area contributed by atoms with E-state index in [1.54, 1.807) is 6.92 Å². The van der Waals surface area contributed by atoms with E-state index in [1.807, 2.05) is 0 Å². The average Bonchev–Trinajstić information content (AvgIpc) is 2.85. The van der Waals surface area contributed by atoms with Gasteiger partial charge in [0.15, 0.2) is 0 Å². The molecule has 0 unspecified atom stereocenters. The van der Waals surface area contributed by atoms with Crippen LogP contribution in [0.4, 0.5) is 0 Å². The van der Waals surface area contributed by atoms with Gasteiger partial charge in [0.2, 0.25) is 0 Å². The highest BCUT2D eigenvalue weighted by Gasteiger charge is 2.71. The third-order valence-electron chi connectivity index (χ3n) is 9.42. The van der Waals surface area contributed by atoms with Gasteiger partial charge in [-0.15, -0.1) is 0 Å². The van der Waals surface area contributed by atoms with E-state index in [9.17, 15) is 25.2 Å². The van der Waals surface area contributed by atoms with E-state index in [2.05, 4.69) is 6.92 Å². The molecule has 0 saturated heterocycles. The number of rotatable bonds is 2. The largest absolute Gasteiger partial charge is 0.396 e. The lowest BCUT2D eigenvalue weighted by atomic mass is 9.41. The number of carbonyl (C=O) groups excluding carboxylic acids is 1. The lowest BCUT2D eigenvalue weighted by Gasteiger charge is -2.66. The van der Waals surface area contributed by atoms with Crippen LogP contribution in [0.15, 0.2) is 0 Å². The summed E-state index contributed by atoms with van der Waals surface area (Å²) in [6.45, 7) is 3.63. The third kappa shape index (κ3) is 2.09. The van der Waals surface area contributed by atoms with Crippen molar-refractivity contribution in [2.45, 2.75) is 88.9 Å².